The summed E-state index contributed by atoms with van der Waals surface area (Å²) in [4.78, 5) is 20.9. The Labute approximate surface area is 153 Å². The van der Waals surface area contributed by atoms with Gasteiger partial charge in [0.2, 0.25) is 5.96 Å². The Morgan fingerprint density at radius 2 is 2.38 bits per heavy atom. The van der Waals surface area contributed by atoms with Crippen LogP contribution < -0.4 is 10.2 Å². The Morgan fingerprint density at radius 1 is 1.54 bits per heavy atom. The number of aliphatic imine (C=N–C) groups is 1. The summed E-state index contributed by atoms with van der Waals surface area (Å²) in [6.07, 6.45) is 7.50. The second kappa shape index (κ2) is 8.04. The van der Waals surface area contributed by atoms with Crippen LogP contribution >= 0.6 is 0 Å². The van der Waals surface area contributed by atoms with E-state index in [1.165, 1.54) is 0 Å². The number of H-pyrrole nitrogens is 1. The zero-order chi connectivity index (χ0) is 18.5. The highest BCUT2D eigenvalue weighted by molar-refractivity contribution is 5.87. The fourth-order valence-corrected chi connectivity index (χ4v) is 3.53. The van der Waals surface area contributed by atoms with Crippen LogP contribution in [0.4, 0.5) is 5.82 Å². The summed E-state index contributed by atoms with van der Waals surface area (Å²) < 4.78 is 0. The van der Waals surface area contributed by atoms with Gasteiger partial charge in [-0.25, -0.2) is 9.97 Å². The van der Waals surface area contributed by atoms with Crippen molar-refractivity contribution < 1.29 is 0 Å². The number of nitrogens with zero attached hydrogens (tertiary/aromatic N) is 6. The molecular formula is C18H26N8. The Balaban J connectivity index is 1.84. The Kier molecular flexibility index (Phi) is 5.56. The van der Waals surface area contributed by atoms with E-state index in [4.69, 9.17) is 5.26 Å². The molecule has 0 bridgehead atoms. The number of likely N-dealkylation sites (N-methyl/N-ethyl adjacent to an activating group) is 1. The zero-order valence-electron chi connectivity index (χ0n) is 15.6. The minimum absolute atomic E-state index is 0.268. The molecule has 1 aliphatic heterocycles. The normalized spacial score (nSPS) is 20.8. The molecule has 1 saturated heterocycles. The lowest BCUT2D eigenvalue weighted by Crippen LogP contribution is -2.55. The lowest BCUT2D eigenvalue weighted by molar-refractivity contribution is 0.235. The van der Waals surface area contributed by atoms with Crippen molar-refractivity contribution in [3.05, 3.63) is 18.6 Å². The standard InChI is InChI=1S/C18H26N8/c1-4-7-21-18(22-11-19)26-9-6-13(2)15(10-26)25(3)17-14-5-8-20-16(14)23-12-24-17/h5,8,12-13,15H,4,6-7,9-10H2,1-3H3,(H,21,22)(H,20,23,24)/t13-,15+/m1/s1. The summed E-state index contributed by atoms with van der Waals surface area (Å²) in [5.41, 5.74) is 0.846. The molecule has 2 N–H and O–H groups in total. The van der Waals surface area contributed by atoms with E-state index in [1.807, 2.05) is 18.5 Å². The van der Waals surface area contributed by atoms with Crippen LogP contribution in [0.25, 0.3) is 11.0 Å². The monoisotopic (exact) mass is 354 g/mol. The van der Waals surface area contributed by atoms with E-state index in [1.54, 1.807) is 6.33 Å². The second-order valence-electron chi connectivity index (χ2n) is 6.77. The fourth-order valence-electron chi connectivity index (χ4n) is 3.53. The van der Waals surface area contributed by atoms with Crippen molar-refractivity contribution in [1.82, 2.24) is 25.2 Å². The number of rotatable bonds is 4. The van der Waals surface area contributed by atoms with E-state index < -0.39 is 0 Å². The number of likely N-dealkylation sites (tertiary alicyclic amines) is 1. The smallest absolute Gasteiger partial charge is 0.207 e. The maximum absolute atomic E-state index is 9.07. The van der Waals surface area contributed by atoms with Crippen molar-refractivity contribution >= 4 is 22.8 Å². The number of nitriles is 1. The maximum atomic E-state index is 9.07. The molecule has 2 aromatic rings. The van der Waals surface area contributed by atoms with Crippen LogP contribution in [-0.2, 0) is 0 Å². The molecule has 0 spiro atoms. The number of aromatic amines is 1. The van der Waals surface area contributed by atoms with Crippen LogP contribution in [0.5, 0.6) is 0 Å². The van der Waals surface area contributed by atoms with Gasteiger partial charge in [-0.05, 0) is 24.8 Å². The summed E-state index contributed by atoms with van der Waals surface area (Å²) in [5.74, 6) is 2.11. The summed E-state index contributed by atoms with van der Waals surface area (Å²) >= 11 is 0. The quantitative estimate of drug-likeness (QED) is 0.377. The molecule has 0 aromatic carbocycles. The summed E-state index contributed by atoms with van der Waals surface area (Å²) in [6, 6.07) is 2.28. The molecule has 0 amide bonds. The fraction of sp³-hybridized carbons (Fsp3) is 0.556. The van der Waals surface area contributed by atoms with Gasteiger partial charge >= 0.3 is 0 Å². The number of nitrogens with one attached hydrogen (secondary N) is 2. The van der Waals surface area contributed by atoms with E-state index >= 15 is 0 Å². The number of anilines is 1. The van der Waals surface area contributed by atoms with E-state index in [-0.39, 0.29) is 6.04 Å². The van der Waals surface area contributed by atoms with Crippen LogP contribution in [0, 0.1) is 17.4 Å². The number of fused-ring (bicyclic) bond motifs is 1. The molecule has 0 aliphatic carbocycles. The first kappa shape index (κ1) is 18.0. The highest BCUT2D eigenvalue weighted by Crippen LogP contribution is 2.28. The van der Waals surface area contributed by atoms with E-state index in [9.17, 15) is 0 Å². The highest BCUT2D eigenvalue weighted by Gasteiger charge is 2.32. The first-order valence-corrected chi connectivity index (χ1v) is 9.11. The van der Waals surface area contributed by atoms with Crippen molar-refractivity contribution in [2.45, 2.75) is 32.7 Å². The molecule has 1 aliphatic rings. The molecule has 26 heavy (non-hydrogen) atoms. The largest absolute Gasteiger partial charge is 0.354 e. The van der Waals surface area contributed by atoms with Gasteiger partial charge in [0.1, 0.15) is 17.8 Å². The van der Waals surface area contributed by atoms with Crippen molar-refractivity contribution in [3.63, 3.8) is 0 Å². The van der Waals surface area contributed by atoms with Gasteiger partial charge in [0.25, 0.3) is 0 Å². The average Bonchev–Trinajstić information content (AvgIpc) is 3.14. The van der Waals surface area contributed by atoms with Crippen molar-refractivity contribution in [2.24, 2.45) is 10.9 Å². The summed E-state index contributed by atoms with van der Waals surface area (Å²) in [7, 11) is 2.08. The van der Waals surface area contributed by atoms with Gasteiger partial charge in [0.15, 0.2) is 6.19 Å². The predicted molar refractivity (Wildman–Crippen MR) is 103 cm³/mol. The van der Waals surface area contributed by atoms with E-state index in [2.05, 4.69) is 56.0 Å². The molecule has 0 radical (unpaired) electrons. The number of aromatic nitrogens is 3. The van der Waals surface area contributed by atoms with E-state index in [0.717, 1.165) is 42.8 Å². The molecule has 2 atom stereocenters. The molecule has 0 unspecified atom stereocenters. The van der Waals surface area contributed by atoms with Crippen LogP contribution in [0.3, 0.4) is 0 Å². The molecular weight excluding hydrogens is 328 g/mol. The topological polar surface area (TPSA) is 96.2 Å². The number of hydrogen-bond acceptors (Lipinski definition) is 5. The molecule has 2 aromatic heterocycles. The lowest BCUT2D eigenvalue weighted by Gasteiger charge is -2.42. The Morgan fingerprint density at radius 3 is 3.15 bits per heavy atom. The van der Waals surface area contributed by atoms with Crippen molar-refractivity contribution in [2.75, 3.05) is 31.6 Å². The minimum Gasteiger partial charge on any atom is -0.354 e. The highest BCUT2D eigenvalue weighted by atomic mass is 15.3. The molecule has 1 fully saturated rings. The maximum Gasteiger partial charge on any atom is 0.207 e. The Bertz CT molecular complexity index is 805. The van der Waals surface area contributed by atoms with Crippen LogP contribution in [0.15, 0.2) is 23.6 Å². The van der Waals surface area contributed by atoms with Gasteiger partial charge < -0.3 is 14.8 Å². The van der Waals surface area contributed by atoms with Gasteiger partial charge in [-0.2, -0.15) is 5.26 Å². The molecule has 3 rings (SSSR count). The zero-order valence-corrected chi connectivity index (χ0v) is 15.6. The van der Waals surface area contributed by atoms with Crippen LogP contribution in [0.1, 0.15) is 26.7 Å². The van der Waals surface area contributed by atoms with Gasteiger partial charge in [-0.3, -0.25) is 10.3 Å². The van der Waals surface area contributed by atoms with Crippen molar-refractivity contribution in [1.29, 1.82) is 5.26 Å². The average molecular weight is 354 g/mol. The minimum atomic E-state index is 0.268. The van der Waals surface area contributed by atoms with Crippen LogP contribution in [-0.4, -0.2) is 58.5 Å². The second-order valence-corrected chi connectivity index (χ2v) is 6.77. The number of piperidine rings is 1. The third-order valence-corrected chi connectivity index (χ3v) is 5.04. The number of guanidine groups is 1. The predicted octanol–water partition coefficient (Wildman–Crippen LogP) is 1.94. The molecule has 3 heterocycles. The van der Waals surface area contributed by atoms with Crippen LogP contribution in [0.2, 0.25) is 0 Å². The Hall–Kier alpha value is -2.82. The third-order valence-electron chi connectivity index (χ3n) is 5.04. The summed E-state index contributed by atoms with van der Waals surface area (Å²) in [5, 5.41) is 12.8. The van der Waals surface area contributed by atoms with Gasteiger partial charge in [-0.1, -0.05) is 13.8 Å². The lowest BCUT2D eigenvalue weighted by atomic mass is 9.92. The van der Waals surface area contributed by atoms with Crippen molar-refractivity contribution in [3.8, 4) is 6.19 Å². The first-order valence-electron chi connectivity index (χ1n) is 9.11. The summed E-state index contributed by atoms with van der Waals surface area (Å²) in [6.45, 7) is 6.76. The number of hydrogen-bond donors (Lipinski definition) is 2. The first-order chi connectivity index (χ1) is 12.7. The van der Waals surface area contributed by atoms with Gasteiger partial charge in [0.05, 0.1) is 11.4 Å². The molecule has 138 valence electrons. The van der Waals surface area contributed by atoms with Gasteiger partial charge in [0, 0.05) is 32.9 Å². The third kappa shape index (κ3) is 3.57. The SMILES string of the molecule is CCCN=C(NC#N)N1CC[C@@H](C)[C@@H](N(C)c2ncnc3[nH]ccc23)C1. The molecule has 8 heteroatoms. The molecule has 8 nitrogen and oxygen atoms in total. The van der Waals surface area contributed by atoms with Gasteiger partial charge in [-0.15, -0.1) is 0 Å². The van der Waals surface area contributed by atoms with E-state index in [0.29, 0.717) is 18.4 Å². The molecule has 0 saturated carbocycles.